The highest BCUT2D eigenvalue weighted by Crippen LogP contribution is 2.43. The van der Waals surface area contributed by atoms with Gasteiger partial charge in [-0.25, -0.2) is 4.57 Å². The average molecular weight is 323 g/mol. The minimum Gasteiger partial charge on any atom is -0.457 e. The molecule has 0 bridgehead atoms. The van der Waals surface area contributed by atoms with Gasteiger partial charge in [0.1, 0.15) is 0 Å². The first-order chi connectivity index (χ1) is 9.65. The standard InChI is InChI=1S/C10H18N3O7P/c1-5-6(2)9(18-7(3)14)10(20-21(15,16)17)19-8(5)4-12-13-11/h5-6,8-10H,4H2,1-3H3,(H2,15,16,17)/t5-,6?,8?,9-,10+/m0/s1. The molecule has 0 spiro atoms. The van der Waals surface area contributed by atoms with Crippen molar-refractivity contribution in [3.05, 3.63) is 10.4 Å². The van der Waals surface area contributed by atoms with E-state index in [1.807, 2.05) is 0 Å². The van der Waals surface area contributed by atoms with Crippen molar-refractivity contribution in [3.63, 3.8) is 0 Å². The third kappa shape index (κ3) is 5.28. The molecule has 0 aromatic rings. The first-order valence-corrected chi connectivity index (χ1v) is 7.76. The quantitative estimate of drug-likeness (QED) is 0.254. The third-order valence-electron chi connectivity index (χ3n) is 3.38. The lowest BCUT2D eigenvalue weighted by Crippen LogP contribution is -2.52. The highest BCUT2D eigenvalue weighted by Gasteiger charge is 2.46. The predicted molar refractivity (Wildman–Crippen MR) is 69.7 cm³/mol. The summed E-state index contributed by atoms with van der Waals surface area (Å²) in [5, 5.41) is 3.40. The zero-order valence-corrected chi connectivity index (χ0v) is 12.7. The van der Waals surface area contributed by atoms with Crippen molar-refractivity contribution in [2.75, 3.05) is 6.54 Å². The Balaban J connectivity index is 2.97. The van der Waals surface area contributed by atoms with E-state index in [2.05, 4.69) is 14.5 Å². The normalized spacial score (nSPS) is 33.1. The number of carbonyl (C=O) groups is 1. The molecule has 2 unspecified atom stereocenters. The summed E-state index contributed by atoms with van der Waals surface area (Å²) in [6.07, 6.45) is -2.99. The lowest BCUT2D eigenvalue weighted by atomic mass is 9.83. The smallest absolute Gasteiger partial charge is 0.457 e. The van der Waals surface area contributed by atoms with Gasteiger partial charge in [-0.1, -0.05) is 19.0 Å². The minimum atomic E-state index is -4.83. The number of hydrogen-bond acceptors (Lipinski definition) is 6. The molecule has 2 N–H and O–H groups in total. The first-order valence-electron chi connectivity index (χ1n) is 6.23. The van der Waals surface area contributed by atoms with E-state index in [0.717, 1.165) is 0 Å². The fraction of sp³-hybridized carbons (Fsp3) is 0.900. The van der Waals surface area contributed by atoms with Crippen molar-refractivity contribution in [1.29, 1.82) is 0 Å². The maximum absolute atomic E-state index is 11.1. The van der Waals surface area contributed by atoms with Gasteiger partial charge in [0.2, 0.25) is 6.29 Å². The predicted octanol–water partition coefficient (Wildman–Crippen LogP) is 1.33. The number of nitrogens with zero attached hydrogens (tertiary/aromatic N) is 3. The lowest BCUT2D eigenvalue weighted by molar-refractivity contribution is -0.248. The molecule has 0 aromatic carbocycles. The minimum absolute atomic E-state index is 0.0180. The molecule has 10 nitrogen and oxygen atoms in total. The summed E-state index contributed by atoms with van der Waals surface area (Å²) < 4.78 is 26.0. The van der Waals surface area contributed by atoms with Crippen LogP contribution in [0.3, 0.4) is 0 Å². The molecule has 1 heterocycles. The Bertz CT molecular complexity index is 475. The number of hydrogen-bond donors (Lipinski definition) is 2. The molecule has 5 atom stereocenters. The number of rotatable bonds is 5. The van der Waals surface area contributed by atoms with Gasteiger partial charge in [0.25, 0.3) is 0 Å². The fourth-order valence-electron chi connectivity index (χ4n) is 2.16. The van der Waals surface area contributed by atoms with Crippen LogP contribution in [0.15, 0.2) is 5.11 Å². The van der Waals surface area contributed by atoms with E-state index >= 15 is 0 Å². The SMILES string of the molecule is CC(=O)O[C@H]1C(C)[C@H](C)C(CN=[N+]=[N-])O[C@@H]1OP(=O)(O)O. The largest absolute Gasteiger partial charge is 0.472 e. The van der Waals surface area contributed by atoms with Crippen LogP contribution in [0.25, 0.3) is 10.4 Å². The number of carbonyl (C=O) groups excluding carboxylic acids is 1. The molecule has 1 fully saturated rings. The second kappa shape index (κ2) is 7.22. The molecule has 120 valence electrons. The fourth-order valence-corrected chi connectivity index (χ4v) is 2.60. The van der Waals surface area contributed by atoms with Gasteiger partial charge < -0.3 is 19.3 Å². The van der Waals surface area contributed by atoms with Crippen LogP contribution in [-0.4, -0.2) is 40.8 Å². The third-order valence-corrected chi connectivity index (χ3v) is 3.86. The van der Waals surface area contributed by atoms with Gasteiger partial charge >= 0.3 is 13.8 Å². The van der Waals surface area contributed by atoms with E-state index in [-0.39, 0.29) is 18.4 Å². The summed E-state index contributed by atoms with van der Waals surface area (Å²) in [5.74, 6) is -1.09. The van der Waals surface area contributed by atoms with Crippen LogP contribution in [0.2, 0.25) is 0 Å². The van der Waals surface area contributed by atoms with Crippen LogP contribution >= 0.6 is 7.82 Å². The molecular weight excluding hydrogens is 305 g/mol. The maximum atomic E-state index is 11.1. The lowest BCUT2D eigenvalue weighted by Gasteiger charge is -2.43. The second-order valence-electron chi connectivity index (χ2n) is 4.84. The molecule has 0 aromatic heterocycles. The van der Waals surface area contributed by atoms with Gasteiger partial charge in [0, 0.05) is 17.8 Å². The van der Waals surface area contributed by atoms with Crippen molar-refractivity contribution in [2.45, 2.75) is 39.3 Å². The van der Waals surface area contributed by atoms with E-state index in [1.165, 1.54) is 6.92 Å². The van der Waals surface area contributed by atoms with Gasteiger partial charge in [-0.05, 0) is 11.4 Å². The van der Waals surface area contributed by atoms with Crippen LogP contribution in [0.5, 0.6) is 0 Å². The Labute approximate surface area is 121 Å². The Morgan fingerprint density at radius 2 is 2.05 bits per heavy atom. The first kappa shape index (κ1) is 17.9. The van der Waals surface area contributed by atoms with Gasteiger partial charge in [-0.3, -0.25) is 9.32 Å². The van der Waals surface area contributed by atoms with Crippen molar-refractivity contribution >= 4 is 13.8 Å². The summed E-state index contributed by atoms with van der Waals surface area (Å²) >= 11 is 0. The molecule has 0 radical (unpaired) electrons. The number of azide groups is 1. The summed E-state index contributed by atoms with van der Waals surface area (Å²) in [6.45, 7) is 4.69. The number of phosphoric acid groups is 1. The van der Waals surface area contributed by atoms with Crippen molar-refractivity contribution in [1.82, 2.24) is 0 Å². The Kier molecular flexibility index (Phi) is 6.15. The second-order valence-corrected chi connectivity index (χ2v) is 6.04. The van der Waals surface area contributed by atoms with Gasteiger partial charge in [0.15, 0.2) is 6.10 Å². The summed E-state index contributed by atoms with van der Waals surface area (Å²) in [6, 6.07) is 0. The van der Waals surface area contributed by atoms with Crippen molar-refractivity contribution < 1.29 is 33.1 Å². The van der Waals surface area contributed by atoms with Crippen LogP contribution < -0.4 is 0 Å². The number of ether oxygens (including phenoxy) is 2. The molecule has 1 saturated heterocycles. The highest BCUT2D eigenvalue weighted by molar-refractivity contribution is 7.46. The molecule has 1 aliphatic rings. The summed E-state index contributed by atoms with van der Waals surface area (Å²) in [7, 11) is -4.83. The number of esters is 1. The van der Waals surface area contributed by atoms with E-state index in [0.29, 0.717) is 0 Å². The summed E-state index contributed by atoms with van der Waals surface area (Å²) in [4.78, 5) is 31.6. The van der Waals surface area contributed by atoms with Crippen LogP contribution in [-0.2, 0) is 23.4 Å². The summed E-state index contributed by atoms with van der Waals surface area (Å²) in [5.41, 5.74) is 8.35. The molecule has 1 rings (SSSR count). The Morgan fingerprint density at radius 3 is 2.52 bits per heavy atom. The molecule has 11 heteroatoms. The van der Waals surface area contributed by atoms with E-state index in [1.54, 1.807) is 13.8 Å². The van der Waals surface area contributed by atoms with E-state index in [4.69, 9.17) is 24.8 Å². The van der Waals surface area contributed by atoms with Crippen molar-refractivity contribution in [2.24, 2.45) is 17.0 Å². The number of phosphoric ester groups is 1. The molecule has 0 amide bonds. The van der Waals surface area contributed by atoms with Gasteiger partial charge in [0.05, 0.1) is 12.6 Å². The topological polar surface area (TPSA) is 151 Å². The average Bonchev–Trinajstić information content (AvgIpc) is 2.34. The molecule has 21 heavy (non-hydrogen) atoms. The Hall–Kier alpha value is -1.15. The Morgan fingerprint density at radius 1 is 1.43 bits per heavy atom. The molecule has 1 aliphatic heterocycles. The monoisotopic (exact) mass is 323 g/mol. The maximum Gasteiger partial charge on any atom is 0.472 e. The van der Waals surface area contributed by atoms with E-state index in [9.17, 15) is 9.36 Å². The van der Waals surface area contributed by atoms with Crippen LogP contribution in [0.4, 0.5) is 0 Å². The zero-order valence-electron chi connectivity index (χ0n) is 11.8. The molecule has 0 saturated carbocycles. The zero-order chi connectivity index (χ0) is 16.2. The van der Waals surface area contributed by atoms with E-state index < -0.39 is 32.3 Å². The molecular formula is C10H18N3O7P. The molecule has 0 aliphatic carbocycles. The van der Waals surface area contributed by atoms with Crippen molar-refractivity contribution in [3.8, 4) is 0 Å². The van der Waals surface area contributed by atoms with Gasteiger partial charge in [-0.15, -0.1) is 0 Å². The van der Waals surface area contributed by atoms with Gasteiger partial charge in [-0.2, -0.15) is 0 Å². The van der Waals surface area contributed by atoms with Crippen LogP contribution in [0.1, 0.15) is 20.8 Å². The highest BCUT2D eigenvalue weighted by atomic mass is 31.2. The van der Waals surface area contributed by atoms with Crippen LogP contribution in [0, 0.1) is 11.8 Å².